The Morgan fingerprint density at radius 1 is 0.290 bits per heavy atom. The molecule has 17 nitrogen and oxygen atoms in total. The predicted molar refractivity (Wildman–Crippen MR) is 377 cm³/mol. The Balaban J connectivity index is 5.21. The number of carbonyl (C=O) groups excluding carboxylic acids is 4. The standard InChI is InChI=1S/C74H144O17P2/c1-7-9-11-13-15-17-26-34-40-46-52-58-73(78)90-69(62-84-71(76)56-50-44-38-16-14-12-10-8-2)64-88-92(80,81)86-60-68(75)61-87-93(82,83)89-65-70(63-85-72(77)57-51-45-39-33-29-25-21-23-28-32-37-43-49-55-67(5)6)91-74(79)59-53-47-41-35-30-24-20-18-19-22-27-31-36-42-48-54-66(3)4/h66-70,75H,7-65H2,1-6H3,(H,80,81)(H,82,83)/t68-,69+,70+/m0/s1. The van der Waals surface area contributed by atoms with Gasteiger partial charge in [-0.15, -0.1) is 0 Å². The maximum atomic E-state index is 13.1. The largest absolute Gasteiger partial charge is 0.472 e. The van der Waals surface area contributed by atoms with Crippen LogP contribution in [0.5, 0.6) is 0 Å². The number of hydrogen-bond acceptors (Lipinski definition) is 15. The molecule has 0 aliphatic heterocycles. The lowest BCUT2D eigenvalue weighted by Gasteiger charge is -2.21. The molecule has 552 valence electrons. The number of esters is 4. The quantitative estimate of drug-likeness (QED) is 0.0222. The maximum Gasteiger partial charge on any atom is 0.472 e. The van der Waals surface area contributed by atoms with Crippen LogP contribution in [0.15, 0.2) is 0 Å². The first-order valence-electron chi connectivity index (χ1n) is 38.5. The average molecular weight is 1370 g/mol. The lowest BCUT2D eigenvalue weighted by atomic mass is 10.0. The van der Waals surface area contributed by atoms with Gasteiger partial charge < -0.3 is 33.8 Å². The van der Waals surface area contributed by atoms with E-state index in [1.807, 2.05) is 0 Å². The molecule has 0 heterocycles. The van der Waals surface area contributed by atoms with Crippen molar-refractivity contribution in [2.75, 3.05) is 39.6 Å². The summed E-state index contributed by atoms with van der Waals surface area (Å²) in [6.07, 6.45) is 52.7. The van der Waals surface area contributed by atoms with Gasteiger partial charge in [0.15, 0.2) is 12.2 Å². The number of hydrogen-bond donors (Lipinski definition) is 3. The topological polar surface area (TPSA) is 237 Å². The molecule has 0 aromatic heterocycles. The summed E-state index contributed by atoms with van der Waals surface area (Å²) in [4.78, 5) is 72.6. The third-order valence-electron chi connectivity index (χ3n) is 17.2. The van der Waals surface area contributed by atoms with Crippen molar-refractivity contribution in [2.45, 2.75) is 400 Å². The van der Waals surface area contributed by atoms with E-state index < -0.39 is 97.5 Å². The first kappa shape index (κ1) is 91.1. The first-order chi connectivity index (χ1) is 44.9. The lowest BCUT2D eigenvalue weighted by Crippen LogP contribution is -2.30. The van der Waals surface area contributed by atoms with Crippen LogP contribution in [-0.2, 0) is 65.4 Å². The fourth-order valence-corrected chi connectivity index (χ4v) is 12.9. The number of phosphoric ester groups is 2. The molecule has 0 aromatic carbocycles. The summed E-state index contributed by atoms with van der Waals surface area (Å²) in [6, 6.07) is 0. The van der Waals surface area contributed by atoms with E-state index in [0.29, 0.717) is 25.7 Å². The van der Waals surface area contributed by atoms with Crippen LogP contribution in [0.25, 0.3) is 0 Å². The molecular formula is C74H144O17P2. The van der Waals surface area contributed by atoms with E-state index in [2.05, 4.69) is 41.5 Å². The van der Waals surface area contributed by atoms with Gasteiger partial charge in [-0.25, -0.2) is 9.13 Å². The zero-order valence-corrected chi connectivity index (χ0v) is 62.3. The summed E-state index contributed by atoms with van der Waals surface area (Å²) in [7, 11) is -9.90. The van der Waals surface area contributed by atoms with Crippen molar-refractivity contribution in [1.82, 2.24) is 0 Å². The van der Waals surface area contributed by atoms with Crippen LogP contribution < -0.4 is 0 Å². The molecule has 5 atom stereocenters. The molecular weight excluding hydrogens is 1220 g/mol. The normalized spacial score (nSPS) is 14.1. The third kappa shape index (κ3) is 68.4. The number of aliphatic hydroxyl groups is 1. The molecule has 2 unspecified atom stereocenters. The van der Waals surface area contributed by atoms with Crippen LogP contribution in [0.3, 0.4) is 0 Å². The van der Waals surface area contributed by atoms with Crippen LogP contribution in [-0.4, -0.2) is 96.7 Å². The number of rotatable bonds is 73. The van der Waals surface area contributed by atoms with Crippen molar-refractivity contribution in [3.63, 3.8) is 0 Å². The van der Waals surface area contributed by atoms with E-state index in [1.54, 1.807) is 0 Å². The van der Waals surface area contributed by atoms with Gasteiger partial charge in [0.2, 0.25) is 0 Å². The smallest absolute Gasteiger partial charge is 0.462 e. The van der Waals surface area contributed by atoms with Crippen LogP contribution in [0, 0.1) is 11.8 Å². The zero-order chi connectivity index (χ0) is 68.6. The fraction of sp³-hybridized carbons (Fsp3) is 0.946. The molecule has 93 heavy (non-hydrogen) atoms. The van der Waals surface area contributed by atoms with Crippen LogP contribution in [0.2, 0.25) is 0 Å². The molecule has 0 fully saturated rings. The van der Waals surface area contributed by atoms with Crippen molar-refractivity contribution in [3.05, 3.63) is 0 Å². The molecule has 0 amide bonds. The van der Waals surface area contributed by atoms with Gasteiger partial charge in [-0.2, -0.15) is 0 Å². The molecule has 0 spiro atoms. The van der Waals surface area contributed by atoms with Crippen LogP contribution in [0.1, 0.15) is 382 Å². The number of ether oxygens (including phenoxy) is 4. The average Bonchev–Trinajstić information content (AvgIpc) is 3.02. The van der Waals surface area contributed by atoms with Gasteiger partial charge in [0.25, 0.3) is 0 Å². The minimum atomic E-state index is -4.96. The second-order valence-electron chi connectivity index (χ2n) is 27.6. The van der Waals surface area contributed by atoms with E-state index in [4.69, 9.17) is 37.0 Å². The van der Waals surface area contributed by atoms with E-state index >= 15 is 0 Å². The highest BCUT2D eigenvalue weighted by Crippen LogP contribution is 2.45. The fourth-order valence-electron chi connectivity index (χ4n) is 11.3. The third-order valence-corrected chi connectivity index (χ3v) is 19.1. The molecule has 0 aliphatic rings. The molecule has 0 saturated heterocycles. The highest BCUT2D eigenvalue weighted by molar-refractivity contribution is 7.47. The Morgan fingerprint density at radius 3 is 0.731 bits per heavy atom. The highest BCUT2D eigenvalue weighted by atomic mass is 31.2. The Labute approximate surface area is 568 Å². The van der Waals surface area contributed by atoms with Gasteiger partial charge in [0, 0.05) is 25.7 Å². The van der Waals surface area contributed by atoms with Crippen LogP contribution >= 0.6 is 15.6 Å². The molecule has 0 aromatic rings. The maximum absolute atomic E-state index is 13.1. The van der Waals surface area contributed by atoms with Gasteiger partial charge >= 0.3 is 39.5 Å². The molecule has 19 heteroatoms. The van der Waals surface area contributed by atoms with Crippen molar-refractivity contribution < 1.29 is 80.2 Å². The first-order valence-corrected chi connectivity index (χ1v) is 41.5. The summed E-state index contributed by atoms with van der Waals surface area (Å²) in [5.74, 6) is -0.526. The molecule has 0 rings (SSSR count). The SMILES string of the molecule is CCCCCCCCCCCCCC(=O)O[C@H](COC(=O)CCCCCCCCCC)COP(=O)(O)OC[C@H](O)COP(=O)(O)OC[C@@H](COC(=O)CCCCCCCCCCCCCCCC(C)C)OC(=O)CCCCCCCCCCCCCCCCCC(C)C. The van der Waals surface area contributed by atoms with E-state index in [0.717, 1.165) is 108 Å². The van der Waals surface area contributed by atoms with Gasteiger partial charge in [0.05, 0.1) is 26.4 Å². The van der Waals surface area contributed by atoms with Gasteiger partial charge in [-0.3, -0.25) is 37.3 Å². The van der Waals surface area contributed by atoms with Gasteiger partial charge in [-0.05, 0) is 37.5 Å². The summed E-state index contributed by atoms with van der Waals surface area (Å²) in [5, 5.41) is 10.6. The van der Waals surface area contributed by atoms with Crippen molar-refractivity contribution in [3.8, 4) is 0 Å². The van der Waals surface area contributed by atoms with Crippen molar-refractivity contribution in [1.29, 1.82) is 0 Å². The van der Waals surface area contributed by atoms with Crippen molar-refractivity contribution >= 4 is 39.5 Å². The summed E-state index contributed by atoms with van der Waals surface area (Å²) in [6.45, 7) is 9.60. The van der Waals surface area contributed by atoms with Gasteiger partial charge in [0.1, 0.15) is 19.3 Å². The van der Waals surface area contributed by atoms with Crippen LogP contribution in [0.4, 0.5) is 0 Å². The predicted octanol–water partition coefficient (Wildman–Crippen LogP) is 21.6. The number of carbonyl (C=O) groups is 4. The summed E-state index contributed by atoms with van der Waals surface area (Å²) in [5.41, 5.74) is 0. The monoisotopic (exact) mass is 1370 g/mol. The van der Waals surface area contributed by atoms with Crippen molar-refractivity contribution in [2.24, 2.45) is 11.8 Å². The molecule has 3 N–H and O–H groups in total. The molecule has 0 aliphatic carbocycles. The number of phosphoric acid groups is 2. The lowest BCUT2D eigenvalue weighted by molar-refractivity contribution is -0.161. The Morgan fingerprint density at radius 2 is 0.495 bits per heavy atom. The molecule has 0 saturated carbocycles. The summed E-state index contributed by atoms with van der Waals surface area (Å²) >= 11 is 0. The molecule has 0 bridgehead atoms. The Hall–Kier alpha value is -1.94. The van der Waals surface area contributed by atoms with Gasteiger partial charge in [-0.1, -0.05) is 330 Å². The zero-order valence-electron chi connectivity index (χ0n) is 60.6. The summed E-state index contributed by atoms with van der Waals surface area (Å²) < 4.78 is 68.4. The number of unbranched alkanes of at least 4 members (excludes halogenated alkanes) is 43. The highest BCUT2D eigenvalue weighted by Gasteiger charge is 2.30. The second-order valence-corrected chi connectivity index (χ2v) is 30.5. The Kier molecular flexibility index (Phi) is 64.6. The minimum absolute atomic E-state index is 0.107. The Bertz CT molecular complexity index is 1800. The second kappa shape index (κ2) is 66.0. The van der Waals surface area contributed by atoms with E-state index in [9.17, 15) is 43.2 Å². The molecule has 0 radical (unpaired) electrons. The minimum Gasteiger partial charge on any atom is -0.462 e. The van der Waals surface area contributed by atoms with E-state index in [1.165, 1.54) is 193 Å². The van der Waals surface area contributed by atoms with E-state index in [-0.39, 0.29) is 25.7 Å². The number of aliphatic hydroxyl groups excluding tert-OH is 1.